The van der Waals surface area contributed by atoms with E-state index < -0.39 is 131 Å². The van der Waals surface area contributed by atoms with Gasteiger partial charge in [0.2, 0.25) is 59.1 Å². The molecule has 0 radical (unpaired) electrons. The van der Waals surface area contributed by atoms with Crippen molar-refractivity contribution >= 4 is 64.8 Å². The Labute approximate surface area is 508 Å². The van der Waals surface area contributed by atoms with E-state index in [2.05, 4.69) is 42.5 Å². The second-order valence-electron chi connectivity index (χ2n) is 25.9. The van der Waals surface area contributed by atoms with Crippen molar-refractivity contribution in [2.45, 2.75) is 193 Å². The van der Waals surface area contributed by atoms with Gasteiger partial charge in [-0.2, -0.15) is 0 Å². The van der Waals surface area contributed by atoms with Gasteiger partial charge in [0.25, 0.3) is 0 Å². The maximum atomic E-state index is 15.1. The standard InChI is InChI=1S/C63H99N13O10/c1-37(2)33-46-56(79)70-48(35-41-19-13-12-14-20-41)62(85)74-31-17-23-50(74)58(81)72-52(39(5)6)60(83)67-45(22-16-30-65)55(78)69-47(34-38(3)4)57(80)71-49(36-42-25-27-43(28-26-42)76(9,10)11)63(86)75-32-18-24-51(75)59(82)73-53(40(7)8)61(84)66-44(21-15-29-64)54(77)68-46/h12-14,19-20,25-28,37-40,44-53H,15-18,21-24,29-36,64-65H2,1-11H3,(H7-,66,67,68,69,70,71,72,73,77,78,79,80,81,82,83,84)/p+1/t44-,45-,46-,47-,48-,49-,50-,51-,52-,53-/m0/s1. The molecule has 0 unspecified atom stereocenters. The summed E-state index contributed by atoms with van der Waals surface area (Å²) in [5, 5.41) is 23.0. The van der Waals surface area contributed by atoms with Gasteiger partial charge in [-0.05, 0) is 124 Å². The zero-order chi connectivity index (χ0) is 63.6. The average Bonchev–Trinajstić information content (AvgIpc) is 2.53. The summed E-state index contributed by atoms with van der Waals surface area (Å²) in [5.74, 6) is -7.80. The Morgan fingerprint density at radius 2 is 0.791 bits per heavy atom. The zero-order valence-corrected chi connectivity index (χ0v) is 52.7. The van der Waals surface area contributed by atoms with E-state index in [1.165, 1.54) is 9.80 Å². The Morgan fingerprint density at radius 3 is 1.14 bits per heavy atom. The first-order valence-electron chi connectivity index (χ1n) is 31.0. The number of nitrogens with two attached hydrogens (primary N) is 2. The summed E-state index contributed by atoms with van der Waals surface area (Å²) in [6.07, 6.45) is 2.39. The van der Waals surface area contributed by atoms with Gasteiger partial charge in [-0.1, -0.05) is 97.9 Å². The highest BCUT2D eigenvalue weighted by atomic mass is 16.2. The minimum Gasteiger partial charge on any atom is -0.343 e. The van der Waals surface area contributed by atoms with Gasteiger partial charge in [0.05, 0.1) is 21.1 Å². The Bertz CT molecular complexity index is 2650. The Kier molecular flexibility index (Phi) is 26.5. The minimum atomic E-state index is -1.24. The molecule has 10 amide bonds. The van der Waals surface area contributed by atoms with Gasteiger partial charge < -0.3 is 63.8 Å². The van der Waals surface area contributed by atoms with Crippen LogP contribution in [-0.2, 0) is 60.8 Å². The molecular weight excluding hydrogens is 1100 g/mol. The van der Waals surface area contributed by atoms with E-state index >= 15 is 4.79 Å². The fraction of sp³-hybridized carbons (Fsp3) is 0.651. The smallest absolute Gasteiger partial charge is 0.246 e. The number of hydrogen-bond donors (Lipinski definition) is 10. The third-order valence-electron chi connectivity index (χ3n) is 16.2. The summed E-state index contributed by atoms with van der Waals surface area (Å²) >= 11 is 0. The molecule has 3 saturated heterocycles. The SMILES string of the molecule is CC(C)C[C@@H]1NC(=O)[C@H](CCCN)NC(=O)[C@H](C(C)C)NC(=O)[C@@H]2CCCN2C(=O)[C@H](Cc2ccccc2)NC(=O)[C@H](CC(C)C)NC(=O)[C@H](CCCN)NC(=O)[C@H](C(C)C)NC(=O)[C@@H]2CCCN2C(=O)[C@H](Cc2ccc([N+](C)(C)C)cc2)NC1=O. The third-order valence-corrected chi connectivity index (χ3v) is 16.2. The molecule has 0 saturated carbocycles. The summed E-state index contributed by atoms with van der Waals surface area (Å²) in [6.45, 7) is 15.1. The molecule has 3 heterocycles. The van der Waals surface area contributed by atoms with Crippen molar-refractivity contribution in [2.24, 2.45) is 35.1 Å². The molecule has 3 aliphatic heterocycles. The normalized spacial score (nSPS) is 26.1. The van der Waals surface area contributed by atoms with Crippen LogP contribution < -0.4 is 58.5 Å². The van der Waals surface area contributed by atoms with Crippen molar-refractivity contribution < 1.29 is 47.9 Å². The van der Waals surface area contributed by atoms with Gasteiger partial charge in [0.1, 0.15) is 66.1 Å². The van der Waals surface area contributed by atoms with E-state index in [0.29, 0.717) is 41.3 Å². The fourth-order valence-corrected chi connectivity index (χ4v) is 11.3. The van der Waals surface area contributed by atoms with Crippen molar-refractivity contribution in [2.75, 3.05) is 47.3 Å². The van der Waals surface area contributed by atoms with Crippen LogP contribution in [0.5, 0.6) is 0 Å². The Hall–Kier alpha value is -6.98. The van der Waals surface area contributed by atoms with Gasteiger partial charge in [-0.3, -0.25) is 52.4 Å². The van der Waals surface area contributed by atoms with Crippen LogP contribution in [0.15, 0.2) is 54.6 Å². The largest absolute Gasteiger partial charge is 0.343 e. The van der Waals surface area contributed by atoms with Gasteiger partial charge in [-0.25, -0.2) is 0 Å². The first-order chi connectivity index (χ1) is 40.6. The fourth-order valence-electron chi connectivity index (χ4n) is 11.3. The number of fused-ring (bicyclic) bond motifs is 2. The molecular formula is C63H100N13O10+. The number of nitrogens with zero attached hydrogens (tertiary/aromatic N) is 3. The van der Waals surface area contributed by atoms with Crippen LogP contribution in [0.25, 0.3) is 0 Å². The quantitative estimate of drug-likeness (QED) is 0.101. The van der Waals surface area contributed by atoms with Crippen LogP contribution in [-0.4, -0.2) is 177 Å². The molecule has 0 spiro atoms. The molecule has 12 N–H and O–H groups in total. The molecule has 0 aromatic heterocycles. The van der Waals surface area contributed by atoms with Crippen LogP contribution >= 0.6 is 0 Å². The summed E-state index contributed by atoms with van der Waals surface area (Å²) in [6, 6.07) is 4.81. The molecule has 0 bridgehead atoms. The first kappa shape index (κ1) is 69.8. The lowest BCUT2D eigenvalue weighted by Crippen LogP contribution is -2.62. The Morgan fingerprint density at radius 1 is 0.442 bits per heavy atom. The second-order valence-corrected chi connectivity index (χ2v) is 25.9. The lowest BCUT2D eigenvalue weighted by atomic mass is 9.98. The van der Waals surface area contributed by atoms with E-state index in [-0.39, 0.29) is 89.4 Å². The molecule has 2 aromatic rings. The third kappa shape index (κ3) is 20.0. The first-order valence-corrected chi connectivity index (χ1v) is 31.0. The number of amides is 10. The maximum absolute atomic E-state index is 15.1. The zero-order valence-electron chi connectivity index (χ0n) is 52.7. The summed E-state index contributed by atoms with van der Waals surface area (Å²) in [5.41, 5.74) is 14.3. The number of carbonyl (C=O) groups excluding carboxylic acids is 10. The van der Waals surface area contributed by atoms with E-state index in [0.717, 1.165) is 5.69 Å². The average molecular weight is 1200 g/mol. The van der Waals surface area contributed by atoms with Crippen molar-refractivity contribution in [1.82, 2.24) is 56.8 Å². The maximum Gasteiger partial charge on any atom is 0.246 e. The van der Waals surface area contributed by atoms with Crippen LogP contribution in [0, 0.1) is 23.7 Å². The highest BCUT2D eigenvalue weighted by Gasteiger charge is 2.43. The van der Waals surface area contributed by atoms with Crippen LogP contribution in [0.2, 0.25) is 0 Å². The predicted molar refractivity (Wildman–Crippen MR) is 330 cm³/mol. The molecule has 2 aromatic carbocycles. The van der Waals surface area contributed by atoms with Gasteiger partial charge in [0.15, 0.2) is 0 Å². The van der Waals surface area contributed by atoms with E-state index in [1.54, 1.807) is 52.0 Å². The highest BCUT2D eigenvalue weighted by molar-refractivity contribution is 6.00. The molecule has 23 heteroatoms. The number of benzene rings is 2. The van der Waals surface area contributed by atoms with Crippen LogP contribution in [0.3, 0.4) is 0 Å². The van der Waals surface area contributed by atoms with E-state index in [9.17, 15) is 43.2 Å². The lowest BCUT2D eigenvalue weighted by molar-refractivity contribution is -0.143. The summed E-state index contributed by atoms with van der Waals surface area (Å²) in [4.78, 5) is 150. The highest BCUT2D eigenvalue weighted by Crippen LogP contribution is 2.25. The molecule has 476 valence electrons. The number of carbonyl (C=O) groups is 10. The van der Waals surface area contributed by atoms with Crippen molar-refractivity contribution in [3.8, 4) is 0 Å². The van der Waals surface area contributed by atoms with Gasteiger partial charge in [0, 0.05) is 25.9 Å². The molecule has 3 fully saturated rings. The minimum absolute atomic E-state index is 0.0106. The van der Waals surface area contributed by atoms with Crippen molar-refractivity contribution in [3.05, 3.63) is 65.7 Å². The van der Waals surface area contributed by atoms with Crippen LogP contribution in [0.4, 0.5) is 5.69 Å². The monoisotopic (exact) mass is 1200 g/mol. The summed E-state index contributed by atoms with van der Waals surface area (Å²) in [7, 11) is 6.05. The van der Waals surface area contributed by atoms with E-state index in [1.807, 2.05) is 79.2 Å². The number of nitrogens with one attached hydrogen (secondary N) is 8. The molecule has 3 aliphatic rings. The molecule has 5 rings (SSSR count). The lowest BCUT2D eigenvalue weighted by Gasteiger charge is -2.33. The predicted octanol–water partition coefficient (Wildman–Crippen LogP) is 1.42. The molecule has 10 atom stereocenters. The molecule has 86 heavy (non-hydrogen) atoms. The number of quaternary nitrogens is 1. The topological polar surface area (TPSA) is 325 Å². The molecule has 23 nitrogen and oxygen atoms in total. The van der Waals surface area contributed by atoms with Gasteiger partial charge >= 0.3 is 0 Å². The second kappa shape index (κ2) is 32.7. The Balaban J connectivity index is 1.60. The van der Waals surface area contributed by atoms with Crippen LogP contribution in [0.1, 0.15) is 131 Å². The van der Waals surface area contributed by atoms with E-state index in [4.69, 9.17) is 11.5 Å². The molecule has 0 aliphatic carbocycles. The summed E-state index contributed by atoms with van der Waals surface area (Å²) < 4.78 is 0.520. The van der Waals surface area contributed by atoms with Crippen molar-refractivity contribution in [3.63, 3.8) is 0 Å². The van der Waals surface area contributed by atoms with Crippen molar-refractivity contribution in [1.29, 1.82) is 0 Å². The van der Waals surface area contributed by atoms with Gasteiger partial charge in [-0.15, -0.1) is 0 Å². The number of rotatable bonds is 17. The number of hydrogen-bond acceptors (Lipinski definition) is 12.